The fourth-order valence-corrected chi connectivity index (χ4v) is 1.98. The van der Waals surface area contributed by atoms with Crippen molar-refractivity contribution >= 4 is 16.7 Å². The molecule has 3 heteroatoms. The first kappa shape index (κ1) is 10.9. The average molecular weight is 216 g/mol. The number of carbonyl (C=O) groups excluding carboxylic acids is 1. The molecule has 2 aromatic rings. The van der Waals surface area contributed by atoms with Gasteiger partial charge < -0.3 is 0 Å². The largest absolute Gasteiger partial charge is 0.294 e. The molecule has 84 valence electrons. The maximum absolute atomic E-state index is 11.6. The van der Waals surface area contributed by atoms with Crippen LogP contribution in [-0.4, -0.2) is 16.0 Å². The minimum Gasteiger partial charge on any atom is -0.294 e. The SMILES string of the molecule is CC(=O)c1cccc2n[nH]c(CC(C)C)c12. The summed E-state index contributed by atoms with van der Waals surface area (Å²) in [7, 11) is 0. The second-order valence-corrected chi connectivity index (χ2v) is 4.56. The van der Waals surface area contributed by atoms with E-state index in [4.69, 9.17) is 0 Å². The normalized spacial score (nSPS) is 11.2. The minimum atomic E-state index is 0.0945. The first-order valence-electron chi connectivity index (χ1n) is 5.56. The lowest BCUT2D eigenvalue weighted by molar-refractivity contribution is 0.101. The zero-order chi connectivity index (χ0) is 11.7. The average Bonchev–Trinajstić information content (AvgIpc) is 2.60. The van der Waals surface area contributed by atoms with Gasteiger partial charge in [-0.2, -0.15) is 5.10 Å². The van der Waals surface area contributed by atoms with Gasteiger partial charge in [0.05, 0.1) is 5.52 Å². The van der Waals surface area contributed by atoms with Crippen molar-refractivity contribution in [2.24, 2.45) is 5.92 Å². The summed E-state index contributed by atoms with van der Waals surface area (Å²) >= 11 is 0. The van der Waals surface area contributed by atoms with Gasteiger partial charge in [-0.05, 0) is 25.3 Å². The first-order valence-corrected chi connectivity index (χ1v) is 5.56. The number of ketones is 1. The third kappa shape index (κ3) is 1.85. The highest BCUT2D eigenvalue weighted by molar-refractivity contribution is 6.07. The summed E-state index contributed by atoms with van der Waals surface area (Å²) in [6, 6.07) is 5.67. The van der Waals surface area contributed by atoms with Crippen LogP contribution in [-0.2, 0) is 6.42 Å². The van der Waals surface area contributed by atoms with Crippen LogP contribution in [0.15, 0.2) is 18.2 Å². The molecule has 0 radical (unpaired) electrons. The van der Waals surface area contributed by atoms with Crippen molar-refractivity contribution < 1.29 is 4.79 Å². The number of H-pyrrole nitrogens is 1. The first-order chi connectivity index (χ1) is 7.59. The number of fused-ring (bicyclic) bond motifs is 1. The number of aromatic nitrogens is 2. The van der Waals surface area contributed by atoms with Gasteiger partial charge in [0, 0.05) is 16.6 Å². The fourth-order valence-electron chi connectivity index (χ4n) is 1.98. The van der Waals surface area contributed by atoms with Gasteiger partial charge in [0.25, 0.3) is 0 Å². The zero-order valence-electron chi connectivity index (χ0n) is 9.87. The van der Waals surface area contributed by atoms with Gasteiger partial charge in [-0.1, -0.05) is 26.0 Å². The van der Waals surface area contributed by atoms with E-state index in [2.05, 4.69) is 24.0 Å². The van der Waals surface area contributed by atoms with E-state index in [1.807, 2.05) is 18.2 Å². The summed E-state index contributed by atoms with van der Waals surface area (Å²) in [5, 5.41) is 8.27. The van der Waals surface area contributed by atoms with Crippen LogP contribution in [0.1, 0.15) is 36.8 Å². The van der Waals surface area contributed by atoms with E-state index < -0.39 is 0 Å². The summed E-state index contributed by atoms with van der Waals surface area (Å²) in [5.41, 5.74) is 2.71. The molecule has 0 saturated heterocycles. The quantitative estimate of drug-likeness (QED) is 0.802. The Kier molecular flexibility index (Phi) is 2.77. The smallest absolute Gasteiger partial charge is 0.160 e. The van der Waals surface area contributed by atoms with E-state index in [1.54, 1.807) is 6.92 Å². The third-order valence-corrected chi connectivity index (χ3v) is 2.65. The van der Waals surface area contributed by atoms with Crippen LogP contribution in [0.5, 0.6) is 0 Å². The van der Waals surface area contributed by atoms with E-state index in [1.165, 1.54) is 0 Å². The molecule has 0 amide bonds. The summed E-state index contributed by atoms with van der Waals surface area (Å²) in [5.74, 6) is 0.640. The summed E-state index contributed by atoms with van der Waals surface area (Å²) < 4.78 is 0. The summed E-state index contributed by atoms with van der Waals surface area (Å²) in [4.78, 5) is 11.6. The maximum atomic E-state index is 11.6. The van der Waals surface area contributed by atoms with E-state index in [0.717, 1.165) is 28.6 Å². The number of Topliss-reactive ketones (excluding diaryl/α,β-unsaturated/α-hetero) is 1. The highest BCUT2D eigenvalue weighted by Gasteiger charge is 2.13. The highest BCUT2D eigenvalue weighted by Crippen LogP contribution is 2.23. The molecule has 3 nitrogen and oxygen atoms in total. The Bertz CT molecular complexity index is 526. The second-order valence-electron chi connectivity index (χ2n) is 4.56. The Morgan fingerprint density at radius 1 is 1.44 bits per heavy atom. The Labute approximate surface area is 94.9 Å². The molecule has 0 aliphatic carbocycles. The molecule has 0 saturated carbocycles. The van der Waals surface area contributed by atoms with E-state index >= 15 is 0 Å². The topological polar surface area (TPSA) is 45.8 Å². The molecule has 0 bridgehead atoms. The number of rotatable bonds is 3. The van der Waals surface area contributed by atoms with Crippen molar-refractivity contribution in [2.75, 3.05) is 0 Å². The van der Waals surface area contributed by atoms with Gasteiger partial charge in [-0.3, -0.25) is 9.89 Å². The van der Waals surface area contributed by atoms with Crippen molar-refractivity contribution in [3.8, 4) is 0 Å². The number of hydrogen-bond donors (Lipinski definition) is 1. The molecule has 16 heavy (non-hydrogen) atoms. The van der Waals surface area contributed by atoms with Crippen LogP contribution in [0, 0.1) is 5.92 Å². The van der Waals surface area contributed by atoms with E-state index in [-0.39, 0.29) is 5.78 Å². The predicted molar refractivity (Wildman–Crippen MR) is 64.6 cm³/mol. The van der Waals surface area contributed by atoms with Gasteiger partial charge in [-0.15, -0.1) is 0 Å². The van der Waals surface area contributed by atoms with Crippen LogP contribution in [0.4, 0.5) is 0 Å². The number of hydrogen-bond acceptors (Lipinski definition) is 2. The predicted octanol–water partition coefficient (Wildman–Crippen LogP) is 2.96. The Morgan fingerprint density at radius 2 is 2.19 bits per heavy atom. The standard InChI is InChI=1S/C13H16N2O/c1-8(2)7-12-13-10(9(3)16)5-4-6-11(13)14-15-12/h4-6,8H,7H2,1-3H3,(H,14,15). The Balaban J connectivity index is 2.63. The number of nitrogens with zero attached hydrogens (tertiary/aromatic N) is 1. The molecule has 1 aromatic heterocycles. The molecule has 2 rings (SSSR count). The lowest BCUT2D eigenvalue weighted by atomic mass is 10.00. The minimum absolute atomic E-state index is 0.0945. The van der Waals surface area contributed by atoms with Crippen LogP contribution in [0.3, 0.4) is 0 Å². The van der Waals surface area contributed by atoms with Crippen LogP contribution < -0.4 is 0 Å². The van der Waals surface area contributed by atoms with Crippen molar-refractivity contribution in [1.29, 1.82) is 0 Å². The molecule has 1 heterocycles. The van der Waals surface area contributed by atoms with E-state index in [0.29, 0.717) is 5.92 Å². The third-order valence-electron chi connectivity index (χ3n) is 2.65. The molecule has 0 unspecified atom stereocenters. The van der Waals surface area contributed by atoms with Crippen molar-refractivity contribution in [3.05, 3.63) is 29.5 Å². The lowest BCUT2D eigenvalue weighted by Gasteiger charge is -2.04. The lowest BCUT2D eigenvalue weighted by Crippen LogP contribution is -1.98. The molecule has 0 spiro atoms. The molecule has 0 fully saturated rings. The zero-order valence-corrected chi connectivity index (χ0v) is 9.87. The second kappa shape index (κ2) is 4.08. The molecule has 0 atom stereocenters. The Morgan fingerprint density at radius 3 is 2.81 bits per heavy atom. The van der Waals surface area contributed by atoms with Crippen LogP contribution in [0.2, 0.25) is 0 Å². The number of aromatic amines is 1. The monoisotopic (exact) mass is 216 g/mol. The van der Waals surface area contributed by atoms with Crippen molar-refractivity contribution in [1.82, 2.24) is 10.2 Å². The molecule has 0 aliphatic rings. The number of carbonyl (C=O) groups is 1. The fraction of sp³-hybridized carbons (Fsp3) is 0.385. The maximum Gasteiger partial charge on any atom is 0.160 e. The van der Waals surface area contributed by atoms with Crippen LogP contribution >= 0.6 is 0 Å². The molecule has 0 aliphatic heterocycles. The molecule has 1 N–H and O–H groups in total. The molecular formula is C13H16N2O. The highest BCUT2D eigenvalue weighted by atomic mass is 16.1. The van der Waals surface area contributed by atoms with E-state index in [9.17, 15) is 4.79 Å². The van der Waals surface area contributed by atoms with Crippen molar-refractivity contribution in [3.63, 3.8) is 0 Å². The Hall–Kier alpha value is -1.64. The molecule has 1 aromatic carbocycles. The van der Waals surface area contributed by atoms with Gasteiger partial charge in [-0.25, -0.2) is 0 Å². The van der Waals surface area contributed by atoms with Crippen molar-refractivity contribution in [2.45, 2.75) is 27.2 Å². The van der Waals surface area contributed by atoms with Gasteiger partial charge in [0.1, 0.15) is 0 Å². The van der Waals surface area contributed by atoms with Crippen LogP contribution in [0.25, 0.3) is 10.9 Å². The summed E-state index contributed by atoms with van der Waals surface area (Å²) in [6.07, 6.45) is 0.917. The van der Waals surface area contributed by atoms with Gasteiger partial charge in [0.15, 0.2) is 5.78 Å². The summed E-state index contributed by atoms with van der Waals surface area (Å²) in [6.45, 7) is 5.91. The number of benzene rings is 1. The van der Waals surface area contributed by atoms with Gasteiger partial charge >= 0.3 is 0 Å². The number of nitrogens with one attached hydrogen (secondary N) is 1. The van der Waals surface area contributed by atoms with Gasteiger partial charge in [0.2, 0.25) is 0 Å². The molecular weight excluding hydrogens is 200 g/mol.